The molecule has 1 aliphatic rings. The summed E-state index contributed by atoms with van der Waals surface area (Å²) in [6, 6.07) is 10.6. The number of halogens is 5. The quantitative estimate of drug-likeness (QED) is 0.523. The molecule has 6 nitrogen and oxygen atoms in total. The molecule has 0 amide bonds. The number of ether oxygens (including phenoxy) is 2. The van der Waals surface area contributed by atoms with Crippen LogP contribution >= 0.6 is 10.8 Å². The molecule has 0 saturated carbocycles. The van der Waals surface area contributed by atoms with Crippen molar-refractivity contribution in [3.05, 3.63) is 54.1 Å². The minimum Gasteiger partial charge on any atom is -0.435 e. The fraction of sp³-hybridized carbons (Fsp3) is 0.316. The van der Waals surface area contributed by atoms with Gasteiger partial charge in [0.1, 0.15) is 11.5 Å². The van der Waals surface area contributed by atoms with E-state index in [4.69, 9.17) is 0 Å². The molecule has 31 heavy (non-hydrogen) atoms. The lowest BCUT2D eigenvalue weighted by Crippen LogP contribution is -2.20. The molecule has 0 aliphatic carbocycles. The highest BCUT2D eigenvalue weighted by atomic mass is 32.3. The maximum Gasteiger partial charge on any atom is 0.573 e. The smallest absolute Gasteiger partial charge is 0.435 e. The first kappa shape index (κ1) is 23.3. The molecule has 170 valence electrons. The van der Waals surface area contributed by atoms with Crippen LogP contribution in [0.3, 0.4) is 0 Å². The zero-order chi connectivity index (χ0) is 22.6. The van der Waals surface area contributed by atoms with Gasteiger partial charge in [0, 0.05) is 32.1 Å². The van der Waals surface area contributed by atoms with Gasteiger partial charge in [0.2, 0.25) is 0 Å². The molecule has 2 N–H and O–H groups in total. The van der Waals surface area contributed by atoms with Gasteiger partial charge < -0.3 is 9.47 Å². The van der Waals surface area contributed by atoms with Crippen LogP contribution in [0.1, 0.15) is 12.0 Å². The van der Waals surface area contributed by atoms with Crippen molar-refractivity contribution in [2.24, 2.45) is 4.40 Å². The summed E-state index contributed by atoms with van der Waals surface area (Å²) < 4.78 is 94.4. The van der Waals surface area contributed by atoms with Crippen molar-refractivity contribution in [2.45, 2.75) is 30.8 Å². The summed E-state index contributed by atoms with van der Waals surface area (Å²) in [5, 5.41) is 0. The summed E-state index contributed by atoms with van der Waals surface area (Å²) in [4.78, 5) is 1.77. The molecule has 0 unspecified atom stereocenters. The number of alkyl halides is 5. The molecule has 1 saturated heterocycles. The highest BCUT2D eigenvalue weighted by Gasteiger charge is 2.31. The number of likely N-dealkylation sites (tertiary alicyclic amines) is 1. The van der Waals surface area contributed by atoms with Crippen LogP contribution < -0.4 is 9.47 Å². The maximum absolute atomic E-state index is 12.4. The van der Waals surface area contributed by atoms with Crippen LogP contribution in [0.25, 0.3) is 0 Å². The predicted octanol–water partition coefficient (Wildman–Crippen LogP) is 5.56. The lowest BCUT2D eigenvalue weighted by Gasteiger charge is -2.28. The summed E-state index contributed by atoms with van der Waals surface area (Å²) in [6.07, 6.45) is -4.45. The first-order valence-corrected chi connectivity index (χ1v) is 10.5. The zero-order valence-corrected chi connectivity index (χ0v) is 16.7. The van der Waals surface area contributed by atoms with Gasteiger partial charge in [-0.15, -0.1) is 13.2 Å². The second-order valence-electron chi connectivity index (χ2n) is 6.68. The van der Waals surface area contributed by atoms with Gasteiger partial charge in [-0.2, -0.15) is 13.2 Å². The van der Waals surface area contributed by atoms with Crippen LogP contribution in [0.15, 0.2) is 57.8 Å². The molecule has 1 aliphatic heterocycles. The van der Waals surface area contributed by atoms with Crippen LogP contribution in [0, 0.1) is 0 Å². The number of benzene rings is 2. The molecular weight excluding hydrogens is 447 g/mol. The average Bonchev–Trinajstić information content (AvgIpc) is 3.08. The van der Waals surface area contributed by atoms with E-state index in [1.54, 1.807) is 12.1 Å². The number of nitrogens with zero attached hydrogens (tertiary/aromatic N) is 2. The van der Waals surface area contributed by atoms with Crippen molar-refractivity contribution in [3.63, 3.8) is 0 Å². The van der Waals surface area contributed by atoms with E-state index < -0.39 is 29.5 Å². The maximum atomic E-state index is 12.4. The van der Waals surface area contributed by atoms with E-state index in [0.29, 0.717) is 31.8 Å². The summed E-state index contributed by atoms with van der Waals surface area (Å²) in [5.74, 6) is -0.523. The minimum absolute atomic E-state index is 0.0492. The van der Waals surface area contributed by atoms with Gasteiger partial charge in [0.25, 0.3) is 0 Å². The largest absolute Gasteiger partial charge is 0.573 e. The first-order chi connectivity index (χ1) is 14.5. The topological polar surface area (TPSA) is 74.5 Å². The summed E-state index contributed by atoms with van der Waals surface area (Å²) in [5.41, 5.74) is 1.33. The van der Waals surface area contributed by atoms with Crippen LogP contribution in [0.5, 0.6) is 11.5 Å². The van der Waals surface area contributed by atoms with Crippen molar-refractivity contribution in [1.29, 1.82) is 0 Å². The third-order valence-electron chi connectivity index (χ3n) is 4.29. The van der Waals surface area contributed by atoms with E-state index in [2.05, 4.69) is 13.9 Å². The molecule has 3 rings (SSSR count). The highest BCUT2D eigenvalue weighted by molar-refractivity contribution is 8.23. The fourth-order valence-electron chi connectivity index (χ4n) is 3.02. The third kappa shape index (κ3) is 7.06. The Morgan fingerprint density at radius 1 is 1.06 bits per heavy atom. The highest BCUT2D eigenvalue weighted by Crippen LogP contribution is 2.51. The SMILES string of the molecule is OS(O)(N=C1CCN(Cc2ccc(OC(F)F)cc2)C1)c1cccc(OC(F)(F)F)c1. The van der Waals surface area contributed by atoms with Crippen molar-refractivity contribution < 1.29 is 40.5 Å². The Bertz CT molecular complexity index is 922. The van der Waals surface area contributed by atoms with Crippen LogP contribution in [0.4, 0.5) is 22.0 Å². The first-order valence-electron chi connectivity index (χ1n) is 8.98. The van der Waals surface area contributed by atoms with Crippen LogP contribution in [-0.2, 0) is 6.54 Å². The Balaban J connectivity index is 1.63. The lowest BCUT2D eigenvalue weighted by atomic mass is 10.2. The second kappa shape index (κ2) is 9.39. The van der Waals surface area contributed by atoms with Crippen molar-refractivity contribution in [3.8, 4) is 11.5 Å². The molecule has 2 aromatic carbocycles. The van der Waals surface area contributed by atoms with Gasteiger partial charge in [-0.3, -0.25) is 14.0 Å². The standard InChI is InChI=1S/C19H19F5N2O4S/c20-18(21)29-15-6-4-13(5-7-15)11-26-9-8-14(12-26)25-31(27,28)17-3-1-2-16(10-17)30-19(22,23)24/h1-7,10,18,27-28H,8-9,11-12H2. The zero-order valence-electron chi connectivity index (χ0n) is 15.9. The van der Waals surface area contributed by atoms with Gasteiger partial charge in [0.05, 0.1) is 10.6 Å². The molecule has 0 radical (unpaired) electrons. The van der Waals surface area contributed by atoms with Crippen molar-refractivity contribution in [2.75, 3.05) is 13.1 Å². The Labute approximate surface area is 176 Å². The Morgan fingerprint density at radius 2 is 1.77 bits per heavy atom. The number of hydrogen-bond donors (Lipinski definition) is 2. The molecule has 0 atom stereocenters. The van der Waals surface area contributed by atoms with Crippen molar-refractivity contribution in [1.82, 2.24) is 4.90 Å². The van der Waals surface area contributed by atoms with E-state index >= 15 is 0 Å². The molecule has 1 heterocycles. The molecule has 0 aromatic heterocycles. The Kier molecular flexibility index (Phi) is 7.04. The summed E-state index contributed by atoms with van der Waals surface area (Å²) >= 11 is 0. The fourth-order valence-corrected chi connectivity index (χ4v) is 4.17. The molecule has 0 spiro atoms. The van der Waals surface area contributed by atoms with E-state index in [-0.39, 0.29) is 10.6 Å². The summed E-state index contributed by atoms with van der Waals surface area (Å²) in [7, 11) is -3.71. The monoisotopic (exact) mass is 466 g/mol. The van der Waals surface area contributed by atoms with E-state index in [0.717, 1.165) is 17.7 Å². The molecular formula is C19H19F5N2O4S. The van der Waals surface area contributed by atoms with Crippen molar-refractivity contribution >= 4 is 16.5 Å². The van der Waals surface area contributed by atoms with Crippen LogP contribution in [-0.4, -0.2) is 45.8 Å². The minimum atomic E-state index is -4.90. The molecule has 12 heteroatoms. The normalized spacial score (nSPS) is 17.4. The van der Waals surface area contributed by atoms with Gasteiger partial charge in [0.15, 0.2) is 0 Å². The molecule has 2 aromatic rings. The van der Waals surface area contributed by atoms with E-state index in [9.17, 15) is 31.1 Å². The molecule has 0 bridgehead atoms. The second-order valence-corrected chi connectivity index (χ2v) is 8.37. The number of hydrogen-bond acceptors (Lipinski definition) is 6. The van der Waals surface area contributed by atoms with Gasteiger partial charge in [-0.1, -0.05) is 29.0 Å². The van der Waals surface area contributed by atoms with Crippen LogP contribution in [0.2, 0.25) is 0 Å². The Morgan fingerprint density at radius 3 is 2.42 bits per heavy atom. The van der Waals surface area contributed by atoms with Gasteiger partial charge in [-0.05, 0) is 29.8 Å². The molecule has 1 fully saturated rings. The predicted molar refractivity (Wildman–Crippen MR) is 105 cm³/mol. The van der Waals surface area contributed by atoms with E-state index in [1.807, 2.05) is 4.90 Å². The average molecular weight is 466 g/mol. The third-order valence-corrected chi connectivity index (χ3v) is 5.69. The Hall–Kier alpha value is -2.41. The van der Waals surface area contributed by atoms with E-state index in [1.165, 1.54) is 24.3 Å². The number of rotatable bonds is 7. The summed E-state index contributed by atoms with van der Waals surface area (Å²) in [6.45, 7) is -1.53. The lowest BCUT2D eigenvalue weighted by molar-refractivity contribution is -0.274. The van der Waals surface area contributed by atoms with Gasteiger partial charge in [-0.25, -0.2) is 0 Å². The van der Waals surface area contributed by atoms with Gasteiger partial charge >= 0.3 is 13.0 Å².